The van der Waals surface area contributed by atoms with E-state index in [2.05, 4.69) is 15.6 Å². The number of nitrogens with one attached hydrogen (secondary N) is 1. The fourth-order valence-corrected chi connectivity index (χ4v) is 4.53. The van der Waals surface area contributed by atoms with Crippen LogP contribution in [0.25, 0.3) is 11.3 Å². The number of hydrogen-bond donors (Lipinski definition) is 2. The van der Waals surface area contributed by atoms with E-state index in [9.17, 15) is 14.4 Å². The number of nitrogens with two attached hydrogens (primary N) is 1. The standard InChI is InChI=1S/C27H39N5O8/c1-17(33)29-24-26(39-19(3)35)25(38-18(2)34)23(40-27(24)37-13-8-6-5-7-12-28)16-32-15-22(30-31-32)20-10-9-11-21(14-20)36-4/h9-11,14-15,23-27H,5-8,12-13,16,28H2,1-4H3,(H,29,33). The third-order valence-electron chi connectivity index (χ3n) is 6.27. The van der Waals surface area contributed by atoms with Gasteiger partial charge in [0.1, 0.15) is 23.6 Å². The fourth-order valence-electron chi connectivity index (χ4n) is 4.53. The van der Waals surface area contributed by atoms with Gasteiger partial charge in [-0.2, -0.15) is 0 Å². The molecule has 0 radical (unpaired) electrons. The predicted octanol–water partition coefficient (Wildman–Crippen LogP) is 1.58. The van der Waals surface area contributed by atoms with Crippen molar-refractivity contribution in [3.8, 4) is 17.0 Å². The Morgan fingerprint density at radius 2 is 1.77 bits per heavy atom. The first kappa shape index (κ1) is 31.0. The Hall–Kier alpha value is -3.55. The van der Waals surface area contributed by atoms with Crippen LogP contribution in [0.5, 0.6) is 5.75 Å². The molecule has 13 nitrogen and oxygen atoms in total. The number of rotatable bonds is 14. The molecule has 1 fully saturated rings. The number of carbonyl (C=O) groups excluding carboxylic acids is 3. The minimum absolute atomic E-state index is 0.0931. The third kappa shape index (κ3) is 9.00. The van der Waals surface area contributed by atoms with Crippen molar-refractivity contribution < 1.29 is 38.1 Å². The van der Waals surface area contributed by atoms with E-state index in [0.29, 0.717) is 24.6 Å². The molecule has 0 saturated carbocycles. The molecule has 3 rings (SSSR count). The lowest BCUT2D eigenvalue weighted by molar-refractivity contribution is -0.274. The Balaban J connectivity index is 1.87. The highest BCUT2D eigenvalue weighted by molar-refractivity contribution is 5.73. The van der Waals surface area contributed by atoms with Crippen molar-refractivity contribution in [2.75, 3.05) is 20.3 Å². The number of methoxy groups -OCH3 is 1. The molecule has 3 N–H and O–H groups in total. The summed E-state index contributed by atoms with van der Waals surface area (Å²) in [6.07, 6.45) is 1.29. The molecule has 5 unspecified atom stereocenters. The predicted molar refractivity (Wildman–Crippen MR) is 143 cm³/mol. The van der Waals surface area contributed by atoms with E-state index in [0.717, 1.165) is 31.2 Å². The highest BCUT2D eigenvalue weighted by atomic mass is 16.7. The van der Waals surface area contributed by atoms with Crippen LogP contribution in [-0.2, 0) is 39.9 Å². The van der Waals surface area contributed by atoms with Crippen molar-refractivity contribution in [1.82, 2.24) is 20.3 Å². The molecule has 0 bridgehead atoms. The summed E-state index contributed by atoms with van der Waals surface area (Å²) in [4.78, 5) is 36.3. The number of nitrogens with zero attached hydrogens (tertiary/aromatic N) is 3. The Kier molecular flexibility index (Phi) is 11.8. The van der Waals surface area contributed by atoms with Gasteiger partial charge in [-0.25, -0.2) is 4.68 Å². The van der Waals surface area contributed by atoms with Gasteiger partial charge in [0.25, 0.3) is 0 Å². The molecule has 13 heteroatoms. The van der Waals surface area contributed by atoms with Crippen LogP contribution in [0.1, 0.15) is 46.5 Å². The first-order valence-electron chi connectivity index (χ1n) is 13.3. The Labute approximate surface area is 233 Å². The molecule has 40 heavy (non-hydrogen) atoms. The van der Waals surface area contributed by atoms with Gasteiger partial charge < -0.3 is 34.7 Å². The second-order valence-corrected chi connectivity index (χ2v) is 9.55. The maximum Gasteiger partial charge on any atom is 0.303 e. The second kappa shape index (κ2) is 15.3. The largest absolute Gasteiger partial charge is 0.497 e. The summed E-state index contributed by atoms with van der Waals surface area (Å²) < 4.78 is 30.4. The minimum Gasteiger partial charge on any atom is -0.497 e. The molecular formula is C27H39N5O8. The molecule has 5 atom stereocenters. The molecule has 1 amide bonds. The lowest BCUT2D eigenvalue weighted by Gasteiger charge is -2.45. The van der Waals surface area contributed by atoms with Crippen LogP contribution in [0, 0.1) is 0 Å². The molecule has 0 spiro atoms. The molecule has 1 aromatic carbocycles. The van der Waals surface area contributed by atoms with Crippen molar-refractivity contribution in [1.29, 1.82) is 0 Å². The molecule has 2 heterocycles. The van der Waals surface area contributed by atoms with Crippen LogP contribution in [-0.4, -0.2) is 83.7 Å². The molecule has 1 aliphatic rings. The van der Waals surface area contributed by atoms with Gasteiger partial charge in [0.2, 0.25) is 5.91 Å². The summed E-state index contributed by atoms with van der Waals surface area (Å²) in [5, 5.41) is 11.2. The van der Waals surface area contributed by atoms with E-state index >= 15 is 0 Å². The Morgan fingerprint density at radius 1 is 1.05 bits per heavy atom. The van der Waals surface area contributed by atoms with Gasteiger partial charge in [0.15, 0.2) is 18.5 Å². The molecule has 1 saturated heterocycles. The zero-order valence-corrected chi connectivity index (χ0v) is 23.4. The molecular weight excluding hydrogens is 522 g/mol. The fraction of sp³-hybridized carbons (Fsp3) is 0.593. The summed E-state index contributed by atoms with van der Waals surface area (Å²) in [6, 6.07) is 6.46. The Bertz CT molecular complexity index is 1130. The summed E-state index contributed by atoms with van der Waals surface area (Å²) in [5.74, 6) is -0.928. The average molecular weight is 562 g/mol. The van der Waals surface area contributed by atoms with E-state index in [-0.39, 0.29) is 12.5 Å². The molecule has 1 aliphatic heterocycles. The van der Waals surface area contributed by atoms with Crippen molar-refractivity contribution in [3.05, 3.63) is 30.5 Å². The molecule has 1 aromatic heterocycles. The van der Waals surface area contributed by atoms with Crippen LogP contribution >= 0.6 is 0 Å². The molecule has 220 valence electrons. The van der Waals surface area contributed by atoms with Gasteiger partial charge in [-0.3, -0.25) is 14.4 Å². The van der Waals surface area contributed by atoms with E-state index in [1.807, 2.05) is 24.3 Å². The monoisotopic (exact) mass is 561 g/mol. The van der Waals surface area contributed by atoms with Gasteiger partial charge in [-0.15, -0.1) is 5.10 Å². The van der Waals surface area contributed by atoms with Crippen LogP contribution in [0.3, 0.4) is 0 Å². The number of carbonyl (C=O) groups is 3. The van der Waals surface area contributed by atoms with Crippen LogP contribution in [0.2, 0.25) is 0 Å². The number of esters is 2. The first-order chi connectivity index (χ1) is 19.2. The van der Waals surface area contributed by atoms with Gasteiger partial charge >= 0.3 is 11.9 Å². The normalized spacial score (nSPS) is 22.4. The molecule has 0 aliphatic carbocycles. The quantitative estimate of drug-likeness (QED) is 0.254. The van der Waals surface area contributed by atoms with Crippen molar-refractivity contribution in [2.24, 2.45) is 5.73 Å². The summed E-state index contributed by atoms with van der Waals surface area (Å²) in [5.41, 5.74) is 6.96. The highest BCUT2D eigenvalue weighted by Gasteiger charge is 2.51. The number of hydrogen-bond acceptors (Lipinski definition) is 11. The summed E-state index contributed by atoms with van der Waals surface area (Å²) in [7, 11) is 1.58. The summed E-state index contributed by atoms with van der Waals surface area (Å²) >= 11 is 0. The topological polar surface area (TPSA) is 166 Å². The Morgan fingerprint density at radius 3 is 2.45 bits per heavy atom. The number of aromatic nitrogens is 3. The first-order valence-corrected chi connectivity index (χ1v) is 13.3. The van der Waals surface area contributed by atoms with Gasteiger partial charge in [0.05, 0.1) is 19.9 Å². The van der Waals surface area contributed by atoms with E-state index in [1.54, 1.807) is 18.0 Å². The van der Waals surface area contributed by atoms with E-state index in [4.69, 9.17) is 29.4 Å². The second-order valence-electron chi connectivity index (χ2n) is 9.55. The summed E-state index contributed by atoms with van der Waals surface area (Å²) in [6.45, 7) is 4.88. The van der Waals surface area contributed by atoms with Crippen molar-refractivity contribution >= 4 is 17.8 Å². The number of benzene rings is 1. The van der Waals surface area contributed by atoms with Gasteiger partial charge in [-0.05, 0) is 31.5 Å². The SMILES string of the molecule is COc1cccc(-c2cn(CC3OC(OCCCCCCN)C(NC(C)=O)C(OC(C)=O)C3OC(C)=O)nn2)c1. The van der Waals surface area contributed by atoms with Gasteiger partial charge in [-0.1, -0.05) is 30.2 Å². The average Bonchev–Trinajstić information content (AvgIpc) is 3.38. The lowest BCUT2D eigenvalue weighted by atomic mass is 9.95. The highest BCUT2D eigenvalue weighted by Crippen LogP contribution is 2.29. The van der Waals surface area contributed by atoms with E-state index in [1.165, 1.54) is 20.8 Å². The van der Waals surface area contributed by atoms with Crippen molar-refractivity contribution in [2.45, 2.75) is 83.6 Å². The number of amides is 1. The van der Waals surface area contributed by atoms with Gasteiger partial charge in [0, 0.05) is 32.9 Å². The van der Waals surface area contributed by atoms with Crippen LogP contribution in [0.15, 0.2) is 30.5 Å². The van der Waals surface area contributed by atoms with E-state index < -0.39 is 42.6 Å². The van der Waals surface area contributed by atoms with Crippen LogP contribution in [0.4, 0.5) is 0 Å². The maximum absolute atomic E-state index is 12.1. The third-order valence-corrected chi connectivity index (χ3v) is 6.27. The zero-order valence-electron chi connectivity index (χ0n) is 23.4. The number of unbranched alkanes of at least 4 members (excludes halogenated alkanes) is 3. The smallest absolute Gasteiger partial charge is 0.303 e. The zero-order chi connectivity index (χ0) is 29.1. The van der Waals surface area contributed by atoms with Crippen molar-refractivity contribution in [3.63, 3.8) is 0 Å². The molecule has 2 aromatic rings. The lowest BCUT2D eigenvalue weighted by Crippen LogP contribution is -2.66. The van der Waals surface area contributed by atoms with Crippen LogP contribution < -0.4 is 15.8 Å². The maximum atomic E-state index is 12.1. The minimum atomic E-state index is -1.08. The number of ether oxygens (including phenoxy) is 5.